The maximum atomic E-state index is 4.62. The Morgan fingerprint density at radius 3 is 3.05 bits per heavy atom. The fourth-order valence-electron chi connectivity index (χ4n) is 2.97. The van der Waals surface area contributed by atoms with Crippen LogP contribution >= 0.6 is 11.8 Å². The van der Waals surface area contributed by atoms with E-state index in [-0.39, 0.29) is 0 Å². The van der Waals surface area contributed by atoms with Crippen molar-refractivity contribution in [1.29, 1.82) is 0 Å². The second-order valence-corrected chi connectivity index (χ2v) is 7.20. The quantitative estimate of drug-likeness (QED) is 0.918. The van der Waals surface area contributed by atoms with E-state index < -0.39 is 0 Å². The highest BCUT2D eigenvalue weighted by atomic mass is 32.2. The van der Waals surface area contributed by atoms with Gasteiger partial charge in [-0.1, -0.05) is 18.2 Å². The Bertz CT molecular complexity index is 645. The molecule has 0 bridgehead atoms. The van der Waals surface area contributed by atoms with Crippen LogP contribution < -0.4 is 5.32 Å². The van der Waals surface area contributed by atoms with Crippen molar-refractivity contribution in [2.75, 3.05) is 5.75 Å². The van der Waals surface area contributed by atoms with Gasteiger partial charge in [-0.15, -0.1) is 11.8 Å². The number of hydrogen-bond acceptors (Lipinski definition) is 3. The molecule has 4 heteroatoms. The predicted molar refractivity (Wildman–Crippen MR) is 86.7 cm³/mol. The van der Waals surface area contributed by atoms with Crippen LogP contribution in [0.2, 0.25) is 0 Å². The Morgan fingerprint density at radius 2 is 2.19 bits per heavy atom. The van der Waals surface area contributed by atoms with Gasteiger partial charge in [0.1, 0.15) is 0 Å². The summed E-state index contributed by atoms with van der Waals surface area (Å²) in [6.45, 7) is 4.16. The lowest BCUT2D eigenvalue weighted by Gasteiger charge is -2.13. The fraction of sp³-hybridized carbons (Fsp3) is 0.471. The number of hydrogen-bond donors (Lipinski definition) is 1. The van der Waals surface area contributed by atoms with Crippen molar-refractivity contribution in [3.05, 3.63) is 47.3 Å². The Balaban J connectivity index is 1.47. The summed E-state index contributed by atoms with van der Waals surface area (Å²) in [4.78, 5) is 1.45. The van der Waals surface area contributed by atoms with Gasteiger partial charge in [0.05, 0.1) is 6.20 Å². The van der Waals surface area contributed by atoms with Gasteiger partial charge in [-0.2, -0.15) is 5.10 Å². The topological polar surface area (TPSA) is 29.9 Å². The summed E-state index contributed by atoms with van der Waals surface area (Å²) in [5, 5.41) is 8.20. The van der Waals surface area contributed by atoms with E-state index in [0.717, 1.165) is 19.1 Å². The molecule has 4 rings (SSSR count). The van der Waals surface area contributed by atoms with Crippen molar-refractivity contribution in [2.45, 2.75) is 49.7 Å². The Morgan fingerprint density at radius 1 is 1.33 bits per heavy atom. The molecule has 1 aromatic carbocycles. The average Bonchev–Trinajstić information content (AvgIpc) is 3.16. The van der Waals surface area contributed by atoms with Crippen LogP contribution in [0.5, 0.6) is 0 Å². The molecule has 110 valence electrons. The van der Waals surface area contributed by atoms with Gasteiger partial charge in [0.2, 0.25) is 0 Å². The first-order valence-electron chi connectivity index (χ1n) is 7.77. The summed E-state index contributed by atoms with van der Waals surface area (Å²) in [5.74, 6) is 1.77. The normalized spacial score (nSPS) is 20.7. The van der Waals surface area contributed by atoms with E-state index in [4.69, 9.17) is 0 Å². The van der Waals surface area contributed by atoms with Crippen LogP contribution in [0.1, 0.15) is 35.6 Å². The first-order valence-corrected chi connectivity index (χ1v) is 8.76. The van der Waals surface area contributed by atoms with Crippen LogP contribution in [0.25, 0.3) is 0 Å². The molecule has 1 saturated carbocycles. The lowest BCUT2D eigenvalue weighted by molar-refractivity contribution is 0.536. The van der Waals surface area contributed by atoms with Crippen LogP contribution in [0, 0.1) is 6.92 Å². The molecule has 0 radical (unpaired) electrons. The van der Waals surface area contributed by atoms with Crippen LogP contribution in [0.3, 0.4) is 0 Å². The minimum absolute atomic E-state index is 0.592. The van der Waals surface area contributed by atoms with Crippen molar-refractivity contribution in [2.24, 2.45) is 0 Å². The van der Waals surface area contributed by atoms with Crippen molar-refractivity contribution in [1.82, 2.24) is 15.1 Å². The van der Waals surface area contributed by atoms with E-state index in [2.05, 4.69) is 46.3 Å². The summed E-state index contributed by atoms with van der Waals surface area (Å²) < 4.78 is 2.19. The third-order valence-corrected chi connectivity index (χ3v) is 5.81. The summed E-state index contributed by atoms with van der Waals surface area (Å²) in [6, 6.07) is 9.55. The number of aromatic nitrogens is 2. The first-order chi connectivity index (χ1) is 10.3. The molecule has 0 saturated heterocycles. The minimum Gasteiger partial charge on any atom is -0.310 e. The zero-order chi connectivity index (χ0) is 14.2. The molecule has 1 aromatic heterocycles. The van der Waals surface area contributed by atoms with Gasteiger partial charge in [-0.05, 0) is 31.4 Å². The standard InChI is InChI=1S/C17H21N3S/c1-12-13(8-18-15-6-7-15)9-19-20(12)10-14-11-21-17-5-3-2-4-16(14)17/h2-5,9,14-15,18H,6-8,10-11H2,1H3. The van der Waals surface area contributed by atoms with Gasteiger partial charge >= 0.3 is 0 Å². The largest absolute Gasteiger partial charge is 0.310 e. The van der Waals surface area contributed by atoms with Gasteiger partial charge in [-0.25, -0.2) is 0 Å². The zero-order valence-electron chi connectivity index (χ0n) is 12.4. The molecular formula is C17H21N3S. The maximum Gasteiger partial charge on any atom is 0.0537 e. The molecule has 1 aliphatic heterocycles. The van der Waals surface area contributed by atoms with Crippen LogP contribution in [-0.4, -0.2) is 21.6 Å². The second-order valence-electron chi connectivity index (χ2n) is 6.14. The molecule has 2 heterocycles. The van der Waals surface area contributed by atoms with Gasteiger partial charge in [0.25, 0.3) is 0 Å². The monoisotopic (exact) mass is 299 g/mol. The number of nitrogens with one attached hydrogen (secondary N) is 1. The summed E-state index contributed by atoms with van der Waals surface area (Å²) in [7, 11) is 0. The van der Waals surface area contributed by atoms with Gasteiger partial charge in [0, 0.05) is 47.0 Å². The van der Waals surface area contributed by atoms with Crippen LogP contribution in [0.15, 0.2) is 35.4 Å². The predicted octanol–water partition coefficient (Wildman–Crippen LogP) is 3.33. The van der Waals surface area contributed by atoms with E-state index in [0.29, 0.717) is 5.92 Å². The third kappa shape index (κ3) is 2.74. The smallest absolute Gasteiger partial charge is 0.0537 e. The molecule has 0 spiro atoms. The number of thioether (sulfide) groups is 1. The molecule has 1 fully saturated rings. The van der Waals surface area contributed by atoms with E-state index in [1.807, 2.05) is 18.0 Å². The highest BCUT2D eigenvalue weighted by molar-refractivity contribution is 7.99. The van der Waals surface area contributed by atoms with Crippen molar-refractivity contribution in [3.8, 4) is 0 Å². The van der Waals surface area contributed by atoms with E-state index >= 15 is 0 Å². The van der Waals surface area contributed by atoms with Crippen molar-refractivity contribution in [3.63, 3.8) is 0 Å². The Kier molecular flexibility index (Phi) is 3.51. The molecule has 1 unspecified atom stereocenters. The van der Waals surface area contributed by atoms with E-state index in [9.17, 15) is 0 Å². The van der Waals surface area contributed by atoms with Crippen molar-refractivity contribution >= 4 is 11.8 Å². The molecule has 3 nitrogen and oxygen atoms in total. The van der Waals surface area contributed by atoms with Gasteiger partial charge in [0.15, 0.2) is 0 Å². The van der Waals surface area contributed by atoms with Crippen LogP contribution in [-0.2, 0) is 13.1 Å². The average molecular weight is 299 g/mol. The second kappa shape index (κ2) is 5.50. The molecule has 1 aliphatic carbocycles. The number of benzene rings is 1. The SMILES string of the molecule is Cc1c(CNC2CC2)cnn1CC1CSc2ccccc21. The van der Waals surface area contributed by atoms with Crippen LogP contribution in [0.4, 0.5) is 0 Å². The fourth-order valence-corrected chi connectivity index (χ4v) is 4.22. The number of fused-ring (bicyclic) bond motifs is 1. The maximum absolute atomic E-state index is 4.62. The molecule has 21 heavy (non-hydrogen) atoms. The Labute approximate surface area is 130 Å². The molecule has 2 aliphatic rings. The highest BCUT2D eigenvalue weighted by Gasteiger charge is 2.24. The minimum atomic E-state index is 0.592. The van der Waals surface area contributed by atoms with Crippen molar-refractivity contribution < 1.29 is 0 Å². The molecular weight excluding hydrogens is 278 g/mol. The third-order valence-electron chi connectivity index (χ3n) is 4.56. The zero-order valence-corrected chi connectivity index (χ0v) is 13.2. The number of nitrogens with zero attached hydrogens (tertiary/aromatic N) is 2. The summed E-state index contributed by atoms with van der Waals surface area (Å²) >= 11 is 1.98. The number of rotatable bonds is 5. The lowest BCUT2D eigenvalue weighted by Crippen LogP contribution is -2.16. The van der Waals surface area contributed by atoms with Gasteiger partial charge in [-0.3, -0.25) is 4.68 Å². The van der Waals surface area contributed by atoms with E-state index in [1.165, 1.54) is 40.3 Å². The lowest BCUT2D eigenvalue weighted by atomic mass is 10.0. The molecule has 1 N–H and O–H groups in total. The Hall–Kier alpha value is -1.26. The molecule has 2 aromatic rings. The molecule has 1 atom stereocenters. The van der Waals surface area contributed by atoms with E-state index in [1.54, 1.807) is 0 Å². The van der Waals surface area contributed by atoms with Gasteiger partial charge < -0.3 is 5.32 Å². The summed E-state index contributed by atoms with van der Waals surface area (Å²) in [5.41, 5.74) is 4.16. The summed E-state index contributed by atoms with van der Waals surface area (Å²) in [6.07, 6.45) is 4.71. The highest BCUT2D eigenvalue weighted by Crippen LogP contribution is 2.40. The molecule has 0 amide bonds. The first kappa shape index (κ1) is 13.4.